The molecule has 3 nitrogen and oxygen atoms in total. The third-order valence-electron chi connectivity index (χ3n) is 1.25. The van der Waals surface area contributed by atoms with Crippen molar-refractivity contribution in [3.8, 4) is 0 Å². The molecule has 0 aliphatic carbocycles. The van der Waals surface area contributed by atoms with Crippen LogP contribution in [-0.2, 0) is 0 Å². The van der Waals surface area contributed by atoms with Crippen LogP contribution in [0, 0.1) is 0 Å². The molecule has 0 bridgehead atoms. The van der Waals surface area contributed by atoms with E-state index in [0.717, 1.165) is 0 Å². The zero-order valence-corrected chi connectivity index (χ0v) is 5.95. The summed E-state index contributed by atoms with van der Waals surface area (Å²) in [5, 5.41) is 8.42. The Balaban J connectivity index is 2.95. The molecule has 1 heterocycles. The van der Waals surface area contributed by atoms with Gasteiger partial charge in [-0.05, 0) is 12.1 Å². The highest BCUT2D eigenvalue weighted by Crippen LogP contribution is 1.91. The molecule has 0 unspecified atom stereocenters. The van der Waals surface area contributed by atoms with Crippen LogP contribution in [0.5, 0.6) is 0 Å². The standard InChI is InChI=1S/C8H9NO2/c10-6-2-4-7-3-1-5-9-8(7)11/h1-5,10H,6H2,(H,9,11). The van der Waals surface area contributed by atoms with Crippen LogP contribution in [0.25, 0.3) is 6.08 Å². The van der Waals surface area contributed by atoms with E-state index < -0.39 is 0 Å². The highest BCUT2D eigenvalue weighted by molar-refractivity contribution is 5.47. The van der Waals surface area contributed by atoms with Crippen LogP contribution in [0.3, 0.4) is 0 Å². The fourth-order valence-electron chi connectivity index (χ4n) is 0.746. The summed E-state index contributed by atoms with van der Waals surface area (Å²) in [7, 11) is 0. The van der Waals surface area contributed by atoms with Gasteiger partial charge in [-0.15, -0.1) is 0 Å². The normalized spacial score (nSPS) is 10.6. The van der Waals surface area contributed by atoms with Crippen LogP contribution in [0.15, 0.2) is 29.2 Å². The van der Waals surface area contributed by atoms with Gasteiger partial charge in [0, 0.05) is 11.8 Å². The molecule has 0 amide bonds. The zero-order valence-electron chi connectivity index (χ0n) is 5.95. The third-order valence-corrected chi connectivity index (χ3v) is 1.25. The zero-order chi connectivity index (χ0) is 8.10. The molecule has 0 aromatic carbocycles. The van der Waals surface area contributed by atoms with Gasteiger partial charge >= 0.3 is 0 Å². The smallest absolute Gasteiger partial charge is 0.255 e. The van der Waals surface area contributed by atoms with Gasteiger partial charge in [0.1, 0.15) is 0 Å². The minimum atomic E-state index is -0.141. The average Bonchev–Trinajstić information content (AvgIpc) is 2.03. The van der Waals surface area contributed by atoms with E-state index in [0.29, 0.717) is 5.56 Å². The van der Waals surface area contributed by atoms with Crippen molar-refractivity contribution in [2.24, 2.45) is 0 Å². The Kier molecular flexibility index (Phi) is 2.63. The first-order valence-corrected chi connectivity index (χ1v) is 3.29. The summed E-state index contributed by atoms with van der Waals surface area (Å²) in [5.41, 5.74) is 0.416. The lowest BCUT2D eigenvalue weighted by Crippen LogP contribution is -2.06. The number of nitrogens with one attached hydrogen (secondary N) is 1. The molecule has 0 fully saturated rings. The second-order valence-corrected chi connectivity index (χ2v) is 2.04. The second-order valence-electron chi connectivity index (χ2n) is 2.04. The minimum absolute atomic E-state index is 0.0473. The van der Waals surface area contributed by atoms with Gasteiger partial charge in [-0.3, -0.25) is 4.79 Å². The van der Waals surface area contributed by atoms with Crippen LogP contribution in [0.1, 0.15) is 5.56 Å². The highest BCUT2D eigenvalue weighted by Gasteiger charge is 1.89. The average molecular weight is 151 g/mol. The summed E-state index contributed by atoms with van der Waals surface area (Å²) in [6.45, 7) is -0.0473. The van der Waals surface area contributed by atoms with Crippen LogP contribution in [-0.4, -0.2) is 16.7 Å². The molecule has 1 aromatic heterocycles. The first-order chi connectivity index (χ1) is 5.34. The van der Waals surface area contributed by atoms with E-state index in [1.54, 1.807) is 24.4 Å². The second kappa shape index (κ2) is 3.73. The summed E-state index contributed by atoms with van der Waals surface area (Å²) in [5.74, 6) is 0. The van der Waals surface area contributed by atoms with Gasteiger partial charge in [-0.2, -0.15) is 0 Å². The Morgan fingerprint density at radius 3 is 3.09 bits per heavy atom. The van der Waals surface area contributed by atoms with Gasteiger partial charge < -0.3 is 10.1 Å². The molecular weight excluding hydrogens is 142 g/mol. The van der Waals surface area contributed by atoms with E-state index >= 15 is 0 Å². The van der Waals surface area contributed by atoms with Crippen LogP contribution in [0.2, 0.25) is 0 Å². The SMILES string of the molecule is O=c1[nH]cccc1C=CCO. The van der Waals surface area contributed by atoms with Crippen LogP contribution >= 0.6 is 0 Å². The van der Waals surface area contributed by atoms with Gasteiger partial charge in [0.15, 0.2) is 0 Å². The maximum Gasteiger partial charge on any atom is 0.255 e. The number of aliphatic hydroxyl groups is 1. The molecule has 1 rings (SSSR count). The highest BCUT2D eigenvalue weighted by atomic mass is 16.2. The van der Waals surface area contributed by atoms with Crippen molar-refractivity contribution < 1.29 is 5.11 Å². The van der Waals surface area contributed by atoms with E-state index in [1.807, 2.05) is 0 Å². The lowest BCUT2D eigenvalue weighted by molar-refractivity contribution is 0.343. The number of pyridine rings is 1. The van der Waals surface area contributed by atoms with E-state index in [4.69, 9.17) is 5.11 Å². The number of hydrogen-bond donors (Lipinski definition) is 2. The van der Waals surface area contributed by atoms with Crippen molar-refractivity contribution in [1.29, 1.82) is 0 Å². The van der Waals surface area contributed by atoms with Gasteiger partial charge in [0.2, 0.25) is 0 Å². The minimum Gasteiger partial charge on any atom is -0.392 e. The molecule has 1 aromatic rings. The Bertz CT molecular complexity index is 301. The van der Waals surface area contributed by atoms with Crippen molar-refractivity contribution in [1.82, 2.24) is 4.98 Å². The molecule has 0 spiro atoms. The van der Waals surface area contributed by atoms with Crippen LogP contribution in [0.4, 0.5) is 0 Å². The Morgan fingerprint density at radius 1 is 1.64 bits per heavy atom. The summed E-state index contributed by atoms with van der Waals surface area (Å²) in [4.78, 5) is 13.5. The third kappa shape index (κ3) is 2.05. The number of aromatic amines is 1. The fourth-order valence-corrected chi connectivity index (χ4v) is 0.746. The van der Waals surface area contributed by atoms with Crippen molar-refractivity contribution in [2.75, 3.05) is 6.61 Å². The summed E-state index contributed by atoms with van der Waals surface area (Å²) in [6.07, 6.45) is 4.67. The molecular formula is C8H9NO2. The Morgan fingerprint density at radius 2 is 2.45 bits per heavy atom. The predicted molar refractivity (Wildman–Crippen MR) is 43.2 cm³/mol. The first kappa shape index (κ1) is 7.75. The predicted octanol–water partition coefficient (Wildman–Crippen LogP) is 0.380. The first-order valence-electron chi connectivity index (χ1n) is 3.29. The van der Waals surface area contributed by atoms with Crippen molar-refractivity contribution in [3.05, 3.63) is 40.3 Å². The molecule has 0 radical (unpaired) electrons. The molecule has 0 aliphatic rings. The largest absolute Gasteiger partial charge is 0.392 e. The topological polar surface area (TPSA) is 53.1 Å². The Hall–Kier alpha value is -1.35. The van der Waals surface area contributed by atoms with Gasteiger partial charge in [0.05, 0.1) is 6.61 Å². The van der Waals surface area contributed by atoms with Crippen LogP contribution < -0.4 is 5.56 Å². The summed E-state index contributed by atoms with van der Waals surface area (Å²) < 4.78 is 0. The lowest BCUT2D eigenvalue weighted by atomic mass is 10.2. The van der Waals surface area contributed by atoms with Crippen molar-refractivity contribution >= 4 is 6.08 Å². The number of aliphatic hydroxyl groups excluding tert-OH is 1. The molecule has 3 heteroatoms. The molecule has 0 aliphatic heterocycles. The summed E-state index contributed by atoms with van der Waals surface area (Å²) in [6, 6.07) is 3.42. The molecule has 11 heavy (non-hydrogen) atoms. The quantitative estimate of drug-likeness (QED) is 0.642. The van der Waals surface area contributed by atoms with Crippen molar-refractivity contribution in [3.63, 3.8) is 0 Å². The fraction of sp³-hybridized carbons (Fsp3) is 0.125. The molecule has 2 N–H and O–H groups in total. The maximum atomic E-state index is 10.9. The van der Waals surface area contributed by atoms with Crippen molar-refractivity contribution in [2.45, 2.75) is 0 Å². The monoisotopic (exact) mass is 151 g/mol. The molecule has 0 atom stereocenters. The van der Waals surface area contributed by atoms with Gasteiger partial charge in [-0.25, -0.2) is 0 Å². The Labute approximate surface area is 64.0 Å². The molecule has 0 saturated heterocycles. The number of hydrogen-bond acceptors (Lipinski definition) is 2. The molecule has 0 saturated carbocycles. The number of rotatable bonds is 2. The van der Waals surface area contributed by atoms with Gasteiger partial charge in [0.25, 0.3) is 5.56 Å². The number of aromatic nitrogens is 1. The van der Waals surface area contributed by atoms with E-state index in [-0.39, 0.29) is 12.2 Å². The lowest BCUT2D eigenvalue weighted by Gasteiger charge is -1.88. The maximum absolute atomic E-state index is 10.9. The van der Waals surface area contributed by atoms with E-state index in [1.165, 1.54) is 6.08 Å². The van der Waals surface area contributed by atoms with Gasteiger partial charge in [-0.1, -0.05) is 12.2 Å². The molecule has 58 valence electrons. The number of H-pyrrole nitrogens is 1. The van der Waals surface area contributed by atoms with E-state index in [9.17, 15) is 4.79 Å². The summed E-state index contributed by atoms with van der Waals surface area (Å²) >= 11 is 0. The van der Waals surface area contributed by atoms with E-state index in [2.05, 4.69) is 4.98 Å².